The minimum Gasteiger partial charge on any atom is -0.482 e. The molecular weight excluding hydrogens is 532 g/mol. The fraction of sp³-hybridized carbons (Fsp3) is 0.588. The van der Waals surface area contributed by atoms with Crippen LogP contribution < -0.4 is 20.9 Å². The van der Waals surface area contributed by atoms with Crippen LogP contribution in [0.5, 0.6) is 11.5 Å². The third-order valence-corrected chi connectivity index (χ3v) is 10.6. The second-order valence-electron chi connectivity index (χ2n) is 12.8. The molecule has 8 nitrogen and oxygen atoms in total. The Hall–Kier alpha value is -3.10. The van der Waals surface area contributed by atoms with E-state index in [2.05, 4.69) is 24.3 Å². The number of carboxylic acids is 2. The topological polar surface area (TPSA) is 145 Å². The first-order valence-corrected chi connectivity index (χ1v) is 15.6. The summed E-state index contributed by atoms with van der Waals surface area (Å²) < 4.78 is 10.7. The summed E-state index contributed by atoms with van der Waals surface area (Å²) in [5.41, 5.74) is 13.5. The van der Waals surface area contributed by atoms with Gasteiger partial charge in [-0.1, -0.05) is 30.7 Å². The maximum atomic E-state index is 10.8. The van der Waals surface area contributed by atoms with E-state index in [1.165, 1.54) is 62.5 Å². The predicted molar refractivity (Wildman–Crippen MR) is 161 cm³/mol. The second-order valence-corrected chi connectivity index (χ2v) is 12.8. The summed E-state index contributed by atoms with van der Waals surface area (Å²) >= 11 is 0. The molecule has 4 fully saturated rings. The molecule has 0 amide bonds. The van der Waals surface area contributed by atoms with Crippen LogP contribution in [0.2, 0.25) is 0 Å². The lowest BCUT2D eigenvalue weighted by atomic mass is 9.59. The van der Waals surface area contributed by atoms with Crippen molar-refractivity contribution in [2.75, 3.05) is 26.3 Å². The molecule has 4 saturated carbocycles. The standard InChI is InChI=1S/C26H28O6.C8H18N2/c27-24(28)14-31-19-8-4-17(5-9-19)26(13-16-12-23(26)22-3-1-2-21(16)22)18-6-10-20(11-7-18)32-15-25(29)30;9-5-7-1-2-8(6-10)4-3-7/h4-11,16,21-23H,1-3,12-15H2,(H,27,28)(H,29,30);7-8H,1-6,9-10H2. The quantitative estimate of drug-likeness (QED) is 0.306. The van der Waals surface area contributed by atoms with Crippen LogP contribution in [-0.4, -0.2) is 48.5 Å². The third kappa shape index (κ3) is 6.45. The lowest BCUT2D eigenvalue weighted by Gasteiger charge is -2.44. The number of aliphatic carboxylic acids is 2. The Morgan fingerprint density at radius 1 is 0.714 bits per heavy atom. The number of carbonyl (C=O) groups is 2. The maximum absolute atomic E-state index is 10.8. The van der Waals surface area contributed by atoms with Crippen molar-refractivity contribution in [1.82, 2.24) is 0 Å². The third-order valence-electron chi connectivity index (χ3n) is 10.6. The van der Waals surface area contributed by atoms with E-state index < -0.39 is 11.9 Å². The Morgan fingerprint density at radius 3 is 1.60 bits per heavy atom. The van der Waals surface area contributed by atoms with Gasteiger partial charge in [-0.3, -0.25) is 0 Å². The van der Waals surface area contributed by atoms with Crippen LogP contribution in [0.15, 0.2) is 48.5 Å². The molecule has 0 spiro atoms. The summed E-state index contributed by atoms with van der Waals surface area (Å²) in [4.78, 5) is 21.6. The summed E-state index contributed by atoms with van der Waals surface area (Å²) in [6, 6.07) is 15.9. The Morgan fingerprint density at radius 2 is 1.17 bits per heavy atom. The summed E-state index contributed by atoms with van der Waals surface area (Å²) in [6.07, 6.45) is 11.6. The zero-order valence-electron chi connectivity index (χ0n) is 24.5. The average molecular weight is 579 g/mol. The van der Waals surface area contributed by atoms with Crippen molar-refractivity contribution in [3.05, 3.63) is 59.7 Å². The molecule has 4 atom stereocenters. The first kappa shape index (κ1) is 30.4. The van der Waals surface area contributed by atoms with Gasteiger partial charge < -0.3 is 31.2 Å². The van der Waals surface area contributed by atoms with Gasteiger partial charge in [-0.25, -0.2) is 9.59 Å². The summed E-state index contributed by atoms with van der Waals surface area (Å²) in [5.74, 6) is 3.65. The van der Waals surface area contributed by atoms with E-state index in [1.54, 1.807) is 0 Å². The van der Waals surface area contributed by atoms with Crippen LogP contribution in [0, 0.1) is 35.5 Å². The molecule has 4 aliphatic carbocycles. The van der Waals surface area contributed by atoms with E-state index in [0.717, 1.165) is 49.1 Å². The monoisotopic (exact) mass is 578 g/mol. The number of carboxylic acid groups (broad SMARTS) is 2. The van der Waals surface area contributed by atoms with E-state index in [4.69, 9.17) is 31.2 Å². The van der Waals surface area contributed by atoms with E-state index >= 15 is 0 Å². The second kappa shape index (κ2) is 13.5. The molecule has 8 heteroatoms. The lowest BCUT2D eigenvalue weighted by Crippen LogP contribution is -2.40. The van der Waals surface area contributed by atoms with Gasteiger partial charge in [0.15, 0.2) is 13.2 Å². The van der Waals surface area contributed by atoms with Gasteiger partial charge in [-0.15, -0.1) is 0 Å². The van der Waals surface area contributed by atoms with Gasteiger partial charge in [0.05, 0.1) is 0 Å². The van der Waals surface area contributed by atoms with Crippen molar-refractivity contribution in [2.45, 2.75) is 63.2 Å². The van der Waals surface area contributed by atoms with Crippen LogP contribution in [0.25, 0.3) is 0 Å². The molecule has 4 aliphatic rings. The highest BCUT2D eigenvalue weighted by Gasteiger charge is 2.61. The Labute approximate surface area is 248 Å². The molecule has 4 unspecified atom stereocenters. The molecule has 0 aliphatic heterocycles. The molecule has 0 saturated heterocycles. The van der Waals surface area contributed by atoms with Gasteiger partial charge in [0.2, 0.25) is 0 Å². The van der Waals surface area contributed by atoms with Gasteiger partial charge in [0.1, 0.15) is 11.5 Å². The number of hydrogen-bond acceptors (Lipinski definition) is 6. The number of rotatable bonds is 10. The average Bonchev–Trinajstić information content (AvgIpc) is 3.74. The highest BCUT2D eigenvalue weighted by Crippen LogP contribution is 2.68. The first-order valence-electron chi connectivity index (χ1n) is 15.6. The van der Waals surface area contributed by atoms with Gasteiger partial charge in [-0.05, 0) is 135 Å². The fourth-order valence-corrected chi connectivity index (χ4v) is 8.66. The largest absolute Gasteiger partial charge is 0.482 e. The Balaban J connectivity index is 0.000000300. The summed E-state index contributed by atoms with van der Waals surface area (Å²) in [6.45, 7) is 1.04. The van der Waals surface area contributed by atoms with Crippen molar-refractivity contribution in [2.24, 2.45) is 47.0 Å². The number of benzene rings is 2. The van der Waals surface area contributed by atoms with Crippen molar-refractivity contribution < 1.29 is 29.3 Å². The Kier molecular flexibility index (Phi) is 9.74. The first-order chi connectivity index (χ1) is 20.3. The summed E-state index contributed by atoms with van der Waals surface area (Å²) in [7, 11) is 0. The van der Waals surface area contributed by atoms with E-state index in [-0.39, 0.29) is 18.6 Å². The van der Waals surface area contributed by atoms with Gasteiger partial charge >= 0.3 is 11.9 Å². The van der Waals surface area contributed by atoms with Gasteiger partial charge in [0.25, 0.3) is 0 Å². The SMILES string of the molecule is NCC1CCC(CN)CC1.O=C(O)COc1ccc(C2(c3ccc(OCC(=O)O)cc3)CC3CC2C2CCCC32)cc1. The molecule has 0 heterocycles. The molecule has 42 heavy (non-hydrogen) atoms. The number of ether oxygens (including phenoxy) is 2. The Bertz CT molecular complexity index is 1120. The number of hydrogen-bond donors (Lipinski definition) is 4. The van der Waals surface area contributed by atoms with Crippen molar-refractivity contribution in [3.63, 3.8) is 0 Å². The summed E-state index contributed by atoms with van der Waals surface area (Å²) in [5, 5.41) is 17.7. The van der Waals surface area contributed by atoms with E-state index in [0.29, 0.717) is 17.4 Å². The molecular formula is C34H46N2O6. The number of nitrogens with two attached hydrogens (primary N) is 2. The van der Waals surface area contributed by atoms with Crippen molar-refractivity contribution in [1.29, 1.82) is 0 Å². The highest BCUT2D eigenvalue weighted by atomic mass is 16.5. The van der Waals surface area contributed by atoms with E-state index in [1.807, 2.05) is 24.3 Å². The smallest absolute Gasteiger partial charge is 0.341 e. The number of fused-ring (bicyclic) bond motifs is 5. The molecule has 2 aromatic rings. The van der Waals surface area contributed by atoms with Gasteiger partial charge in [0, 0.05) is 5.41 Å². The zero-order valence-corrected chi connectivity index (χ0v) is 24.5. The molecule has 6 N–H and O–H groups in total. The zero-order chi connectivity index (χ0) is 29.7. The molecule has 2 aromatic carbocycles. The van der Waals surface area contributed by atoms with Crippen LogP contribution in [-0.2, 0) is 15.0 Å². The molecule has 2 bridgehead atoms. The molecule has 228 valence electrons. The fourth-order valence-electron chi connectivity index (χ4n) is 8.66. The van der Waals surface area contributed by atoms with Crippen molar-refractivity contribution in [3.8, 4) is 11.5 Å². The van der Waals surface area contributed by atoms with Crippen LogP contribution in [0.4, 0.5) is 0 Å². The van der Waals surface area contributed by atoms with Crippen LogP contribution >= 0.6 is 0 Å². The maximum Gasteiger partial charge on any atom is 0.341 e. The molecule has 0 aromatic heterocycles. The lowest BCUT2D eigenvalue weighted by molar-refractivity contribution is -0.140. The highest BCUT2D eigenvalue weighted by molar-refractivity contribution is 5.68. The van der Waals surface area contributed by atoms with Gasteiger partial charge in [-0.2, -0.15) is 0 Å². The minimum atomic E-state index is -0.990. The normalized spacial score (nSPS) is 28.8. The van der Waals surface area contributed by atoms with Crippen LogP contribution in [0.3, 0.4) is 0 Å². The van der Waals surface area contributed by atoms with Crippen molar-refractivity contribution >= 4 is 11.9 Å². The predicted octanol–water partition coefficient (Wildman–Crippen LogP) is 5.07. The molecule has 6 rings (SSSR count). The van der Waals surface area contributed by atoms with Crippen LogP contribution in [0.1, 0.15) is 68.9 Å². The molecule has 0 radical (unpaired) electrons. The van der Waals surface area contributed by atoms with E-state index in [9.17, 15) is 9.59 Å². The minimum absolute atomic E-state index is 0.0904.